The van der Waals surface area contributed by atoms with Crippen molar-refractivity contribution < 1.29 is 14.2 Å². The number of hydrogen-bond donors (Lipinski definition) is 0. The second-order valence-corrected chi connectivity index (χ2v) is 3.89. The van der Waals surface area contributed by atoms with Crippen molar-refractivity contribution in [2.24, 2.45) is 0 Å². The first kappa shape index (κ1) is 11.0. The van der Waals surface area contributed by atoms with Crippen molar-refractivity contribution >= 4 is 17.4 Å². The molecule has 0 atom stereocenters. The van der Waals surface area contributed by atoms with Crippen LogP contribution in [0, 0.1) is 0 Å². The van der Waals surface area contributed by atoms with Gasteiger partial charge in [-0.2, -0.15) is 0 Å². The molecule has 0 radical (unpaired) electrons. The largest absolute Gasteiger partial charge is 0.486 e. The third kappa shape index (κ3) is 2.19. The minimum absolute atomic E-state index is 0.391. The molecule has 0 aromatic heterocycles. The van der Waals surface area contributed by atoms with Gasteiger partial charge in [0.1, 0.15) is 13.2 Å². The van der Waals surface area contributed by atoms with Crippen LogP contribution in [0.2, 0.25) is 0 Å². The zero-order chi connectivity index (χ0) is 11.5. The maximum absolute atomic E-state index is 5.53. The molecule has 0 N–H and O–H groups in total. The Hall–Kier alpha value is -1.49. The predicted molar refractivity (Wildman–Crippen MR) is 64.3 cm³/mol. The second-order valence-electron chi connectivity index (χ2n) is 3.54. The summed E-state index contributed by atoms with van der Waals surface area (Å²) in [6.45, 7) is 1.09. The van der Waals surface area contributed by atoms with E-state index in [4.69, 9.17) is 26.4 Å². The van der Waals surface area contributed by atoms with Crippen LogP contribution in [0.3, 0.4) is 0 Å². The quantitative estimate of drug-likeness (QED) is 0.696. The summed E-state index contributed by atoms with van der Waals surface area (Å²) in [5.74, 6) is 1.92. The van der Waals surface area contributed by atoms with Crippen LogP contribution in [0.1, 0.15) is 0 Å². The summed E-state index contributed by atoms with van der Waals surface area (Å²) < 4.78 is 16.5. The van der Waals surface area contributed by atoms with Gasteiger partial charge in [0.25, 0.3) is 5.17 Å². The first-order valence-corrected chi connectivity index (χ1v) is 5.37. The van der Waals surface area contributed by atoms with Gasteiger partial charge in [-0.1, -0.05) is 6.07 Å². The topological polar surface area (TPSA) is 30.9 Å². The van der Waals surface area contributed by atoms with Crippen LogP contribution >= 0.6 is 12.2 Å². The van der Waals surface area contributed by atoms with Crippen molar-refractivity contribution in [3.05, 3.63) is 18.2 Å². The van der Waals surface area contributed by atoms with E-state index in [1.165, 1.54) is 0 Å². The van der Waals surface area contributed by atoms with Gasteiger partial charge in [0.05, 0.1) is 0 Å². The van der Waals surface area contributed by atoms with Crippen molar-refractivity contribution in [3.63, 3.8) is 0 Å². The smallest absolute Gasteiger partial charge is 0.264 e. The lowest BCUT2D eigenvalue weighted by Crippen LogP contribution is -2.25. The van der Waals surface area contributed by atoms with Crippen LogP contribution in [0.15, 0.2) is 18.2 Å². The lowest BCUT2D eigenvalue weighted by atomic mass is 10.3. The lowest BCUT2D eigenvalue weighted by Gasteiger charge is -2.22. The van der Waals surface area contributed by atoms with Crippen LogP contribution in [0.4, 0.5) is 0 Å². The number of thiocarbonyl (C=S) groups is 1. The van der Waals surface area contributed by atoms with Gasteiger partial charge in [-0.3, -0.25) is 0 Å². The molecule has 1 aliphatic rings. The van der Waals surface area contributed by atoms with Gasteiger partial charge in [0, 0.05) is 14.1 Å². The van der Waals surface area contributed by atoms with Crippen molar-refractivity contribution in [3.8, 4) is 17.2 Å². The minimum atomic E-state index is 0.391. The second kappa shape index (κ2) is 4.57. The summed E-state index contributed by atoms with van der Waals surface area (Å²) in [5.41, 5.74) is 0. The van der Waals surface area contributed by atoms with Gasteiger partial charge < -0.3 is 19.1 Å². The highest BCUT2D eigenvalue weighted by Crippen LogP contribution is 2.39. The van der Waals surface area contributed by atoms with Crippen LogP contribution in [-0.4, -0.2) is 37.4 Å². The molecular formula is C11H13NO3S. The maximum atomic E-state index is 5.53. The van der Waals surface area contributed by atoms with Gasteiger partial charge in [0.2, 0.25) is 5.75 Å². The Kier molecular flexibility index (Phi) is 3.14. The predicted octanol–water partition coefficient (Wildman–Crippen LogP) is 1.68. The van der Waals surface area contributed by atoms with E-state index in [9.17, 15) is 0 Å². The van der Waals surface area contributed by atoms with Gasteiger partial charge in [-0.05, 0) is 24.4 Å². The maximum Gasteiger partial charge on any atom is 0.264 e. The zero-order valence-electron chi connectivity index (χ0n) is 9.23. The molecule has 5 heteroatoms. The van der Waals surface area contributed by atoms with Gasteiger partial charge in [0.15, 0.2) is 11.5 Å². The first-order valence-electron chi connectivity index (χ1n) is 4.96. The summed E-state index contributed by atoms with van der Waals surface area (Å²) in [6.07, 6.45) is 0. The van der Waals surface area contributed by atoms with E-state index in [0.29, 0.717) is 35.6 Å². The molecule has 0 unspecified atom stereocenters. The highest BCUT2D eigenvalue weighted by molar-refractivity contribution is 7.80. The Morgan fingerprint density at radius 2 is 2.06 bits per heavy atom. The monoisotopic (exact) mass is 239 g/mol. The van der Waals surface area contributed by atoms with Gasteiger partial charge in [-0.15, -0.1) is 0 Å². The first-order chi connectivity index (χ1) is 7.68. The molecular weight excluding hydrogens is 226 g/mol. The average molecular weight is 239 g/mol. The third-order valence-electron chi connectivity index (χ3n) is 2.09. The zero-order valence-corrected chi connectivity index (χ0v) is 10.0. The normalized spacial score (nSPS) is 13.1. The fourth-order valence-corrected chi connectivity index (χ4v) is 1.40. The van der Waals surface area contributed by atoms with E-state index in [1.807, 2.05) is 32.3 Å². The SMILES string of the molecule is CN(C)C(=S)Oc1cccc2c1OCCO2. The van der Waals surface area contributed by atoms with Crippen LogP contribution < -0.4 is 14.2 Å². The number of ether oxygens (including phenoxy) is 3. The summed E-state index contributed by atoms with van der Waals surface area (Å²) in [6, 6.07) is 5.50. The molecule has 16 heavy (non-hydrogen) atoms. The summed E-state index contributed by atoms with van der Waals surface area (Å²) in [7, 11) is 3.66. The molecule has 0 aliphatic carbocycles. The Labute approximate surface area is 99.7 Å². The standard InChI is InChI=1S/C11H13NO3S/c1-12(2)11(16)15-9-5-3-4-8-10(9)14-7-6-13-8/h3-5H,6-7H2,1-2H3. The summed E-state index contributed by atoms with van der Waals surface area (Å²) >= 11 is 5.07. The molecule has 0 spiro atoms. The van der Waals surface area contributed by atoms with Crippen LogP contribution in [-0.2, 0) is 0 Å². The van der Waals surface area contributed by atoms with Crippen molar-refractivity contribution in [2.75, 3.05) is 27.3 Å². The molecule has 0 fully saturated rings. The van der Waals surface area contributed by atoms with Crippen molar-refractivity contribution in [1.82, 2.24) is 4.90 Å². The molecule has 0 saturated heterocycles. The molecule has 2 rings (SSSR count). The molecule has 1 heterocycles. The number of fused-ring (bicyclic) bond motifs is 1. The van der Waals surface area contributed by atoms with E-state index >= 15 is 0 Å². The Morgan fingerprint density at radius 1 is 1.31 bits per heavy atom. The fraction of sp³-hybridized carbons (Fsp3) is 0.364. The molecule has 1 aromatic carbocycles. The van der Waals surface area contributed by atoms with E-state index < -0.39 is 0 Å². The van der Waals surface area contributed by atoms with Crippen LogP contribution in [0.5, 0.6) is 17.2 Å². The number of benzene rings is 1. The minimum Gasteiger partial charge on any atom is -0.486 e. The lowest BCUT2D eigenvalue weighted by molar-refractivity contribution is 0.167. The number of hydrogen-bond acceptors (Lipinski definition) is 4. The highest BCUT2D eigenvalue weighted by Gasteiger charge is 2.18. The molecule has 1 aliphatic heterocycles. The third-order valence-corrected chi connectivity index (χ3v) is 2.54. The van der Waals surface area contributed by atoms with Crippen molar-refractivity contribution in [2.45, 2.75) is 0 Å². The fourth-order valence-electron chi connectivity index (χ4n) is 1.31. The molecule has 4 nitrogen and oxygen atoms in total. The van der Waals surface area contributed by atoms with E-state index in [0.717, 1.165) is 0 Å². The molecule has 1 aromatic rings. The molecule has 0 amide bonds. The summed E-state index contributed by atoms with van der Waals surface area (Å²) in [5, 5.41) is 0.391. The average Bonchev–Trinajstić information content (AvgIpc) is 2.29. The van der Waals surface area contributed by atoms with Gasteiger partial charge in [-0.25, -0.2) is 0 Å². The Bertz CT molecular complexity index is 406. The molecule has 86 valence electrons. The van der Waals surface area contributed by atoms with Crippen molar-refractivity contribution in [1.29, 1.82) is 0 Å². The molecule has 0 saturated carbocycles. The number of para-hydroxylation sites is 1. The van der Waals surface area contributed by atoms with E-state index in [1.54, 1.807) is 4.90 Å². The Morgan fingerprint density at radius 3 is 2.81 bits per heavy atom. The number of nitrogens with zero attached hydrogens (tertiary/aromatic N) is 1. The van der Waals surface area contributed by atoms with Gasteiger partial charge >= 0.3 is 0 Å². The van der Waals surface area contributed by atoms with Crippen LogP contribution in [0.25, 0.3) is 0 Å². The highest BCUT2D eigenvalue weighted by atomic mass is 32.1. The molecule has 0 bridgehead atoms. The Balaban J connectivity index is 2.24. The number of rotatable bonds is 1. The van der Waals surface area contributed by atoms with E-state index in [2.05, 4.69) is 0 Å². The summed E-state index contributed by atoms with van der Waals surface area (Å²) in [4.78, 5) is 1.72. The van der Waals surface area contributed by atoms with E-state index in [-0.39, 0.29) is 0 Å².